The molecule has 22 heavy (non-hydrogen) atoms. The van der Waals surface area contributed by atoms with Crippen molar-refractivity contribution in [2.45, 2.75) is 0 Å². The van der Waals surface area contributed by atoms with E-state index >= 15 is 0 Å². The summed E-state index contributed by atoms with van der Waals surface area (Å²) in [6.07, 6.45) is 5.02. The van der Waals surface area contributed by atoms with Gasteiger partial charge in [0.25, 0.3) is 0 Å². The number of pyridine rings is 1. The number of hydrogen-bond donors (Lipinski definition) is 0. The fourth-order valence-electron chi connectivity index (χ4n) is 1.86. The van der Waals surface area contributed by atoms with Gasteiger partial charge in [0.05, 0.1) is 12.3 Å². The van der Waals surface area contributed by atoms with Crippen molar-refractivity contribution < 1.29 is 4.39 Å². The highest BCUT2D eigenvalue weighted by molar-refractivity contribution is 5.52. The van der Waals surface area contributed by atoms with E-state index in [-0.39, 0.29) is 5.69 Å². The van der Waals surface area contributed by atoms with Crippen LogP contribution in [0.5, 0.6) is 0 Å². The molecule has 2 heterocycles. The van der Waals surface area contributed by atoms with E-state index in [1.165, 1.54) is 16.8 Å². The summed E-state index contributed by atoms with van der Waals surface area (Å²) in [6.45, 7) is 6.97. The fraction of sp³-hybridized carbons (Fsp3) is 0. The molecule has 0 unspecified atom stereocenters. The van der Waals surface area contributed by atoms with Crippen molar-refractivity contribution >= 4 is 5.69 Å². The first-order chi connectivity index (χ1) is 10.7. The molecule has 0 amide bonds. The van der Waals surface area contributed by atoms with Crippen LogP contribution in [0, 0.1) is 24.2 Å². The molecule has 0 aliphatic heterocycles. The Balaban J connectivity index is 1.90. The maximum absolute atomic E-state index is 13.5. The van der Waals surface area contributed by atoms with Crippen LogP contribution in [0.2, 0.25) is 0 Å². The highest BCUT2D eigenvalue weighted by atomic mass is 19.1. The Kier molecular flexibility index (Phi) is 3.63. The third-order valence-corrected chi connectivity index (χ3v) is 2.85. The molecule has 0 spiro atoms. The lowest BCUT2D eigenvalue weighted by atomic mass is 10.3. The quantitative estimate of drug-likeness (QED) is 0.508. The third kappa shape index (κ3) is 3.00. The Labute approximate surface area is 126 Å². The molecule has 3 aromatic rings. The van der Waals surface area contributed by atoms with Gasteiger partial charge in [-0.1, -0.05) is 5.92 Å². The van der Waals surface area contributed by atoms with Crippen molar-refractivity contribution in [3.8, 4) is 17.5 Å². The van der Waals surface area contributed by atoms with Crippen molar-refractivity contribution in [2.24, 2.45) is 0 Å². The normalized spacial score (nSPS) is 9.64. The molecule has 4 nitrogen and oxygen atoms in total. The van der Waals surface area contributed by atoms with Crippen molar-refractivity contribution in [2.75, 3.05) is 0 Å². The summed E-state index contributed by atoms with van der Waals surface area (Å²) >= 11 is 0. The van der Waals surface area contributed by atoms with Crippen LogP contribution in [-0.4, -0.2) is 14.8 Å². The van der Waals surface area contributed by atoms with Gasteiger partial charge in [-0.05, 0) is 42.3 Å². The Morgan fingerprint density at radius 2 is 2.09 bits per heavy atom. The minimum absolute atomic E-state index is 0.230. The Bertz CT molecular complexity index is 911. The van der Waals surface area contributed by atoms with Crippen molar-refractivity contribution in [3.63, 3.8) is 0 Å². The molecular formula is C17H9FN4. The summed E-state index contributed by atoms with van der Waals surface area (Å²) in [5, 5.41) is 4.27. The van der Waals surface area contributed by atoms with Crippen LogP contribution in [0.25, 0.3) is 10.5 Å². The minimum Gasteiger partial charge on any atom is -0.263 e. The fourth-order valence-corrected chi connectivity index (χ4v) is 1.86. The molecule has 104 valence electrons. The van der Waals surface area contributed by atoms with Gasteiger partial charge in [-0.15, -0.1) is 0 Å². The molecule has 0 saturated heterocycles. The van der Waals surface area contributed by atoms with E-state index in [1.807, 2.05) is 6.07 Å². The van der Waals surface area contributed by atoms with Crippen LogP contribution < -0.4 is 0 Å². The van der Waals surface area contributed by atoms with Gasteiger partial charge in [-0.2, -0.15) is 5.10 Å². The molecule has 0 atom stereocenters. The SMILES string of the molecule is [C-]#[N+]c1cc(F)cc(-n2ccc(C#Cc3cccnc3)n2)c1. The molecule has 0 bridgehead atoms. The van der Waals surface area contributed by atoms with Crippen LogP contribution in [-0.2, 0) is 0 Å². The lowest BCUT2D eigenvalue weighted by molar-refractivity contribution is 0.626. The molecule has 5 heteroatoms. The maximum Gasteiger partial charge on any atom is 0.192 e. The van der Waals surface area contributed by atoms with E-state index in [0.29, 0.717) is 11.4 Å². The number of halogens is 1. The van der Waals surface area contributed by atoms with E-state index in [1.54, 1.807) is 36.8 Å². The highest BCUT2D eigenvalue weighted by Gasteiger charge is 2.04. The standard InChI is InChI=1S/C17H9FN4/c1-19-16-9-14(18)10-17(11-16)22-8-6-15(21-22)5-4-13-3-2-7-20-12-13/h2-3,6-12H. The zero-order valence-corrected chi connectivity index (χ0v) is 11.4. The Morgan fingerprint density at radius 3 is 2.86 bits per heavy atom. The van der Waals surface area contributed by atoms with Crippen molar-refractivity contribution in [1.29, 1.82) is 0 Å². The number of aromatic nitrogens is 3. The van der Waals surface area contributed by atoms with Gasteiger partial charge in [0.15, 0.2) is 5.69 Å². The minimum atomic E-state index is -0.470. The second kappa shape index (κ2) is 5.90. The van der Waals surface area contributed by atoms with E-state index in [9.17, 15) is 4.39 Å². The summed E-state index contributed by atoms with van der Waals surface area (Å²) in [7, 11) is 0. The number of hydrogen-bond acceptors (Lipinski definition) is 2. The molecule has 0 aliphatic carbocycles. The summed E-state index contributed by atoms with van der Waals surface area (Å²) in [6, 6.07) is 9.46. The molecule has 0 N–H and O–H groups in total. The van der Waals surface area contributed by atoms with Crippen LogP contribution in [0.1, 0.15) is 11.3 Å². The smallest absolute Gasteiger partial charge is 0.192 e. The van der Waals surface area contributed by atoms with Gasteiger partial charge in [-0.3, -0.25) is 4.98 Å². The average molecular weight is 288 g/mol. The lowest BCUT2D eigenvalue weighted by Gasteiger charge is -2.01. The molecule has 0 saturated carbocycles. The zero-order chi connectivity index (χ0) is 15.4. The van der Waals surface area contributed by atoms with Crippen molar-refractivity contribution in [3.05, 3.63) is 83.5 Å². The van der Waals surface area contributed by atoms with E-state index in [0.717, 1.165) is 5.56 Å². The maximum atomic E-state index is 13.5. The molecular weight excluding hydrogens is 279 g/mol. The second-order valence-corrected chi connectivity index (χ2v) is 4.42. The second-order valence-electron chi connectivity index (χ2n) is 4.42. The lowest BCUT2D eigenvalue weighted by Crippen LogP contribution is -1.95. The molecule has 3 rings (SSSR count). The van der Waals surface area contributed by atoms with Crippen LogP contribution in [0.3, 0.4) is 0 Å². The first kappa shape index (κ1) is 13.5. The van der Waals surface area contributed by atoms with Crippen LogP contribution in [0.15, 0.2) is 55.0 Å². The number of nitrogens with zero attached hydrogens (tertiary/aromatic N) is 4. The highest BCUT2D eigenvalue weighted by Crippen LogP contribution is 2.19. The van der Waals surface area contributed by atoms with Gasteiger partial charge >= 0.3 is 0 Å². The van der Waals surface area contributed by atoms with E-state index in [2.05, 4.69) is 26.8 Å². The van der Waals surface area contributed by atoms with Gasteiger partial charge in [-0.25, -0.2) is 13.9 Å². The molecule has 1 aromatic carbocycles. The first-order valence-corrected chi connectivity index (χ1v) is 6.41. The number of benzene rings is 1. The third-order valence-electron chi connectivity index (χ3n) is 2.85. The Morgan fingerprint density at radius 1 is 1.18 bits per heavy atom. The van der Waals surface area contributed by atoms with Gasteiger partial charge in [0.2, 0.25) is 0 Å². The largest absolute Gasteiger partial charge is 0.263 e. The summed E-state index contributed by atoms with van der Waals surface area (Å²) < 4.78 is 14.9. The molecule has 0 aliphatic rings. The Hall–Kier alpha value is -3.44. The van der Waals surface area contributed by atoms with Gasteiger partial charge in [0.1, 0.15) is 11.5 Å². The van der Waals surface area contributed by atoms with Crippen molar-refractivity contribution in [1.82, 2.24) is 14.8 Å². The van der Waals surface area contributed by atoms with E-state index in [4.69, 9.17) is 6.57 Å². The summed E-state index contributed by atoms with van der Waals surface area (Å²) in [5.41, 5.74) is 2.06. The number of rotatable bonds is 1. The molecule has 0 radical (unpaired) electrons. The average Bonchev–Trinajstić information content (AvgIpc) is 3.02. The van der Waals surface area contributed by atoms with Gasteiger partial charge in [0, 0.05) is 24.2 Å². The van der Waals surface area contributed by atoms with E-state index < -0.39 is 5.82 Å². The molecule has 2 aromatic heterocycles. The van der Waals surface area contributed by atoms with Gasteiger partial charge < -0.3 is 0 Å². The van der Waals surface area contributed by atoms with Crippen LogP contribution in [0.4, 0.5) is 10.1 Å². The first-order valence-electron chi connectivity index (χ1n) is 6.41. The predicted octanol–water partition coefficient (Wildman–Crippen LogP) is 3.36. The molecule has 0 fully saturated rings. The summed E-state index contributed by atoms with van der Waals surface area (Å²) in [5.74, 6) is 5.40. The topological polar surface area (TPSA) is 35.1 Å². The summed E-state index contributed by atoms with van der Waals surface area (Å²) in [4.78, 5) is 7.21. The monoisotopic (exact) mass is 288 g/mol. The predicted molar refractivity (Wildman–Crippen MR) is 80.0 cm³/mol. The zero-order valence-electron chi connectivity index (χ0n) is 11.4. The van der Waals surface area contributed by atoms with Crippen LogP contribution >= 0.6 is 0 Å².